The minimum atomic E-state index is -0.333. The van der Waals surface area contributed by atoms with Crippen molar-refractivity contribution in [1.29, 1.82) is 0 Å². The van der Waals surface area contributed by atoms with E-state index in [1.165, 1.54) is 23.7 Å². The third-order valence-electron chi connectivity index (χ3n) is 4.58. The summed E-state index contributed by atoms with van der Waals surface area (Å²) in [6.07, 6.45) is 3.13. The van der Waals surface area contributed by atoms with E-state index in [0.717, 1.165) is 21.7 Å². The first-order valence-electron chi connectivity index (χ1n) is 9.89. The van der Waals surface area contributed by atoms with Crippen LogP contribution in [0.2, 0.25) is 5.15 Å². The second-order valence-corrected chi connectivity index (χ2v) is 8.77. The summed E-state index contributed by atoms with van der Waals surface area (Å²) in [6.45, 7) is 5.79. The van der Waals surface area contributed by atoms with Crippen molar-refractivity contribution >= 4 is 44.2 Å². The maximum Gasteiger partial charge on any atom is 0.259 e. The van der Waals surface area contributed by atoms with Crippen molar-refractivity contribution in [2.24, 2.45) is 0 Å². The topological polar surface area (TPSA) is 86.2 Å². The lowest BCUT2D eigenvalue weighted by Gasteiger charge is -2.13. The Kier molecular flexibility index (Phi) is 6.25. The number of carbonyl (C=O) groups excluding carboxylic acids is 1. The number of benzene rings is 1. The molecule has 4 aromatic rings. The molecule has 0 spiro atoms. The molecule has 3 aromatic heterocycles. The van der Waals surface area contributed by atoms with E-state index >= 15 is 0 Å². The monoisotopic (exact) mass is 468 g/mol. The van der Waals surface area contributed by atoms with Crippen molar-refractivity contribution in [2.75, 3.05) is 12.4 Å². The van der Waals surface area contributed by atoms with E-state index in [2.05, 4.69) is 20.3 Å². The SMILES string of the molecule is COc1cnc(Cl)cc1-c1cc(C)ncc1C(=O)Nc1nc2cc(OC(C)C)ccc2s1. The van der Waals surface area contributed by atoms with Gasteiger partial charge in [0.15, 0.2) is 5.13 Å². The van der Waals surface area contributed by atoms with E-state index in [4.69, 9.17) is 21.1 Å². The molecule has 0 saturated heterocycles. The molecule has 9 heteroatoms. The molecule has 0 radical (unpaired) electrons. The molecule has 4 rings (SSSR count). The zero-order valence-corrected chi connectivity index (χ0v) is 19.5. The van der Waals surface area contributed by atoms with Gasteiger partial charge in [0.2, 0.25) is 0 Å². The van der Waals surface area contributed by atoms with Crippen LogP contribution in [-0.2, 0) is 0 Å². The zero-order valence-electron chi connectivity index (χ0n) is 18.0. The first-order valence-corrected chi connectivity index (χ1v) is 11.1. The molecular weight excluding hydrogens is 448 g/mol. The minimum Gasteiger partial charge on any atom is -0.494 e. The number of methoxy groups -OCH3 is 1. The fourth-order valence-electron chi connectivity index (χ4n) is 3.22. The van der Waals surface area contributed by atoms with Crippen LogP contribution in [0.1, 0.15) is 29.9 Å². The molecule has 0 aliphatic carbocycles. The van der Waals surface area contributed by atoms with Crippen molar-refractivity contribution in [1.82, 2.24) is 15.0 Å². The predicted molar refractivity (Wildman–Crippen MR) is 127 cm³/mol. The number of halogens is 1. The number of pyridine rings is 2. The number of anilines is 1. The van der Waals surface area contributed by atoms with Gasteiger partial charge < -0.3 is 9.47 Å². The fraction of sp³-hybridized carbons (Fsp3) is 0.217. The highest BCUT2D eigenvalue weighted by molar-refractivity contribution is 7.22. The van der Waals surface area contributed by atoms with Gasteiger partial charge in [-0.2, -0.15) is 0 Å². The number of ether oxygens (including phenoxy) is 2. The quantitative estimate of drug-likeness (QED) is 0.362. The van der Waals surface area contributed by atoms with Crippen molar-refractivity contribution in [3.63, 3.8) is 0 Å². The van der Waals surface area contributed by atoms with Gasteiger partial charge >= 0.3 is 0 Å². The lowest BCUT2D eigenvalue weighted by Crippen LogP contribution is -2.14. The highest BCUT2D eigenvalue weighted by atomic mass is 35.5. The fourth-order valence-corrected chi connectivity index (χ4v) is 4.22. The molecule has 1 aromatic carbocycles. The van der Waals surface area contributed by atoms with E-state index in [1.807, 2.05) is 45.0 Å². The Labute approximate surface area is 194 Å². The van der Waals surface area contributed by atoms with E-state index in [1.54, 1.807) is 13.2 Å². The van der Waals surface area contributed by atoms with E-state index in [9.17, 15) is 4.79 Å². The Balaban J connectivity index is 1.68. The lowest BCUT2D eigenvalue weighted by atomic mass is 10.0. The summed E-state index contributed by atoms with van der Waals surface area (Å²) < 4.78 is 12.1. The normalized spacial score (nSPS) is 11.1. The summed E-state index contributed by atoms with van der Waals surface area (Å²) in [5.41, 5.74) is 3.18. The van der Waals surface area contributed by atoms with Crippen LogP contribution >= 0.6 is 22.9 Å². The Morgan fingerprint density at radius 3 is 2.69 bits per heavy atom. The van der Waals surface area contributed by atoms with Crippen LogP contribution in [0.4, 0.5) is 5.13 Å². The molecule has 3 heterocycles. The number of amides is 1. The number of nitrogens with one attached hydrogen (secondary N) is 1. The predicted octanol–water partition coefficient (Wildman–Crippen LogP) is 5.76. The van der Waals surface area contributed by atoms with E-state index in [0.29, 0.717) is 32.7 Å². The van der Waals surface area contributed by atoms with Crippen LogP contribution in [-0.4, -0.2) is 34.1 Å². The highest BCUT2D eigenvalue weighted by Crippen LogP contribution is 2.35. The first-order chi connectivity index (χ1) is 15.3. The summed E-state index contributed by atoms with van der Waals surface area (Å²) in [5.74, 6) is 0.911. The molecule has 0 atom stereocenters. The van der Waals surface area contributed by atoms with Gasteiger partial charge in [0.1, 0.15) is 16.7 Å². The molecule has 0 unspecified atom stereocenters. The smallest absolute Gasteiger partial charge is 0.259 e. The Morgan fingerprint density at radius 2 is 1.94 bits per heavy atom. The maximum atomic E-state index is 13.2. The number of hydrogen-bond acceptors (Lipinski definition) is 7. The van der Waals surface area contributed by atoms with Crippen LogP contribution in [0.5, 0.6) is 11.5 Å². The van der Waals surface area contributed by atoms with Gasteiger partial charge in [-0.3, -0.25) is 15.1 Å². The van der Waals surface area contributed by atoms with Crippen LogP contribution in [0, 0.1) is 6.92 Å². The van der Waals surface area contributed by atoms with Crippen molar-refractivity contribution in [3.8, 4) is 22.6 Å². The molecule has 0 aliphatic heterocycles. The van der Waals surface area contributed by atoms with Gasteiger partial charge in [0.05, 0.1) is 35.2 Å². The second-order valence-electron chi connectivity index (χ2n) is 7.35. The van der Waals surface area contributed by atoms with E-state index in [-0.39, 0.29) is 12.0 Å². The number of aromatic nitrogens is 3. The first kappa shape index (κ1) is 22.0. The second kappa shape index (κ2) is 9.10. The molecule has 164 valence electrons. The number of nitrogens with zero attached hydrogens (tertiary/aromatic N) is 3. The number of hydrogen-bond donors (Lipinski definition) is 1. The summed E-state index contributed by atoms with van der Waals surface area (Å²) in [7, 11) is 1.54. The molecule has 1 amide bonds. The maximum absolute atomic E-state index is 13.2. The van der Waals surface area contributed by atoms with Crippen LogP contribution in [0.25, 0.3) is 21.3 Å². The van der Waals surface area contributed by atoms with Gasteiger partial charge in [-0.15, -0.1) is 0 Å². The molecule has 7 nitrogen and oxygen atoms in total. The number of carbonyl (C=O) groups is 1. The average Bonchev–Trinajstić information content (AvgIpc) is 3.14. The third kappa shape index (κ3) is 4.66. The van der Waals surface area contributed by atoms with Crippen molar-refractivity contribution in [2.45, 2.75) is 26.9 Å². The minimum absolute atomic E-state index is 0.0661. The van der Waals surface area contributed by atoms with Crippen LogP contribution in [0.3, 0.4) is 0 Å². The summed E-state index contributed by atoms with van der Waals surface area (Å²) in [5, 5.41) is 3.67. The van der Waals surface area contributed by atoms with Crippen molar-refractivity contribution < 1.29 is 14.3 Å². The van der Waals surface area contributed by atoms with Gasteiger partial charge in [-0.1, -0.05) is 22.9 Å². The van der Waals surface area contributed by atoms with E-state index < -0.39 is 0 Å². The number of rotatable bonds is 6. The highest BCUT2D eigenvalue weighted by Gasteiger charge is 2.19. The third-order valence-corrected chi connectivity index (χ3v) is 5.74. The molecule has 32 heavy (non-hydrogen) atoms. The molecule has 0 bridgehead atoms. The summed E-state index contributed by atoms with van der Waals surface area (Å²) in [6, 6.07) is 9.18. The Morgan fingerprint density at radius 1 is 1.12 bits per heavy atom. The summed E-state index contributed by atoms with van der Waals surface area (Å²) >= 11 is 7.50. The Hall–Kier alpha value is -3.23. The average molecular weight is 469 g/mol. The van der Waals surface area contributed by atoms with Gasteiger partial charge in [-0.05, 0) is 45.0 Å². The zero-order chi connectivity index (χ0) is 22.8. The lowest BCUT2D eigenvalue weighted by molar-refractivity contribution is 0.102. The molecule has 1 N–H and O–H groups in total. The number of thiazole rings is 1. The van der Waals surface area contributed by atoms with Crippen LogP contribution < -0.4 is 14.8 Å². The summed E-state index contributed by atoms with van der Waals surface area (Å²) in [4.78, 5) is 26.1. The van der Waals surface area contributed by atoms with Crippen LogP contribution in [0.15, 0.2) is 42.7 Å². The van der Waals surface area contributed by atoms with Gasteiger partial charge in [-0.25, -0.2) is 9.97 Å². The Bertz CT molecular complexity index is 1310. The van der Waals surface area contributed by atoms with Crippen molar-refractivity contribution in [3.05, 3.63) is 59.1 Å². The van der Waals surface area contributed by atoms with Gasteiger partial charge in [0.25, 0.3) is 5.91 Å². The molecule has 0 fully saturated rings. The molecule has 0 saturated carbocycles. The molecular formula is C23H21ClN4O3S. The van der Waals surface area contributed by atoms with Gasteiger partial charge in [0, 0.05) is 29.1 Å². The largest absolute Gasteiger partial charge is 0.494 e. The number of fused-ring (bicyclic) bond motifs is 1. The standard InChI is InChI=1S/C23H21ClN4O3S/c1-12(2)31-14-5-6-20-18(8-14)27-23(32-20)28-22(29)17-10-25-13(3)7-15(17)16-9-21(24)26-11-19(16)30-4/h5-12H,1-4H3,(H,27,28,29). The number of aryl methyl sites for hydroxylation is 1. The molecule has 0 aliphatic rings.